The lowest BCUT2D eigenvalue weighted by Gasteiger charge is -2.11. The van der Waals surface area contributed by atoms with E-state index in [0.29, 0.717) is 0 Å². The Kier molecular flexibility index (Phi) is 5.75. The predicted molar refractivity (Wildman–Crippen MR) is 81.3 cm³/mol. The molecule has 0 unspecified atom stereocenters. The summed E-state index contributed by atoms with van der Waals surface area (Å²) in [6, 6.07) is 8.68. The van der Waals surface area contributed by atoms with E-state index in [9.17, 15) is 5.26 Å². The fourth-order valence-corrected chi connectivity index (χ4v) is 3.78. The summed E-state index contributed by atoms with van der Waals surface area (Å²) in [5.74, 6) is 0. The molecule has 0 atom stereocenters. The van der Waals surface area contributed by atoms with Crippen LogP contribution in [0.1, 0.15) is 50.2 Å². The molecule has 19 heavy (non-hydrogen) atoms. The van der Waals surface area contributed by atoms with Gasteiger partial charge in [-0.3, -0.25) is 0 Å². The van der Waals surface area contributed by atoms with Crippen molar-refractivity contribution in [2.45, 2.75) is 55.7 Å². The zero-order valence-electron chi connectivity index (χ0n) is 11.6. The molecule has 1 aliphatic rings. The van der Waals surface area contributed by atoms with E-state index in [2.05, 4.69) is 30.4 Å². The van der Waals surface area contributed by atoms with Gasteiger partial charge in [0.2, 0.25) is 0 Å². The highest BCUT2D eigenvalue weighted by molar-refractivity contribution is 8.00. The first-order chi connectivity index (χ1) is 9.33. The molecule has 0 aliphatic heterocycles. The molecule has 0 saturated heterocycles. The quantitative estimate of drug-likeness (QED) is 0.794. The summed E-state index contributed by atoms with van der Waals surface area (Å²) in [4.78, 5) is 1.16. The molecule has 102 valence electrons. The van der Waals surface area contributed by atoms with Gasteiger partial charge in [-0.2, -0.15) is 5.26 Å². The Morgan fingerprint density at radius 1 is 1.37 bits per heavy atom. The highest BCUT2D eigenvalue weighted by Gasteiger charge is 2.17. The first-order valence-corrected chi connectivity index (χ1v) is 8.12. The van der Waals surface area contributed by atoms with Gasteiger partial charge in [-0.1, -0.05) is 25.8 Å². The van der Waals surface area contributed by atoms with E-state index in [4.69, 9.17) is 0 Å². The third-order valence-electron chi connectivity index (χ3n) is 3.52. The van der Waals surface area contributed by atoms with Crippen molar-refractivity contribution in [3.05, 3.63) is 29.3 Å². The molecule has 1 fully saturated rings. The van der Waals surface area contributed by atoms with Crippen molar-refractivity contribution in [3.63, 3.8) is 0 Å². The Balaban J connectivity index is 2.01. The van der Waals surface area contributed by atoms with Crippen LogP contribution in [-0.2, 0) is 6.54 Å². The van der Waals surface area contributed by atoms with Gasteiger partial charge < -0.3 is 5.32 Å². The van der Waals surface area contributed by atoms with Crippen LogP contribution in [0.2, 0.25) is 0 Å². The van der Waals surface area contributed by atoms with Crippen molar-refractivity contribution in [2.75, 3.05) is 6.54 Å². The average Bonchev–Trinajstić information content (AvgIpc) is 2.93. The number of nitrogens with zero attached hydrogens (tertiary/aromatic N) is 1. The standard InChI is InChI=1S/C16H22N2S/c1-2-9-18-12-13-7-8-16(14(10-13)11-17)19-15-5-3-4-6-15/h7-8,10,15,18H,2-6,9,12H2,1H3. The van der Waals surface area contributed by atoms with E-state index in [-0.39, 0.29) is 0 Å². The summed E-state index contributed by atoms with van der Waals surface area (Å²) in [6.45, 7) is 4.05. The maximum absolute atomic E-state index is 9.30. The van der Waals surface area contributed by atoms with E-state index in [1.54, 1.807) is 0 Å². The molecule has 1 aromatic rings. The number of thioether (sulfide) groups is 1. The monoisotopic (exact) mass is 274 g/mol. The molecular weight excluding hydrogens is 252 g/mol. The predicted octanol–water partition coefficient (Wildman–Crippen LogP) is 4.09. The minimum Gasteiger partial charge on any atom is -0.313 e. The minimum atomic E-state index is 0.719. The second-order valence-corrected chi connectivity index (χ2v) is 6.49. The molecule has 0 amide bonds. The third kappa shape index (κ3) is 4.26. The van der Waals surface area contributed by atoms with Crippen molar-refractivity contribution in [3.8, 4) is 6.07 Å². The van der Waals surface area contributed by atoms with Gasteiger partial charge in [0, 0.05) is 16.7 Å². The van der Waals surface area contributed by atoms with Gasteiger partial charge in [0.1, 0.15) is 6.07 Å². The Morgan fingerprint density at radius 2 is 2.16 bits per heavy atom. The van der Waals surface area contributed by atoms with Gasteiger partial charge in [0.25, 0.3) is 0 Å². The van der Waals surface area contributed by atoms with E-state index in [0.717, 1.165) is 35.2 Å². The number of benzene rings is 1. The summed E-state index contributed by atoms with van der Waals surface area (Å²) in [5, 5.41) is 13.4. The lowest BCUT2D eigenvalue weighted by atomic mass is 10.1. The molecule has 2 nitrogen and oxygen atoms in total. The summed E-state index contributed by atoms with van der Waals surface area (Å²) >= 11 is 1.90. The van der Waals surface area contributed by atoms with Crippen molar-refractivity contribution in [1.29, 1.82) is 5.26 Å². The van der Waals surface area contributed by atoms with Gasteiger partial charge in [0.05, 0.1) is 5.56 Å². The lowest BCUT2D eigenvalue weighted by Crippen LogP contribution is -2.13. The van der Waals surface area contributed by atoms with Crippen molar-refractivity contribution < 1.29 is 0 Å². The molecule has 0 bridgehead atoms. The molecule has 1 aromatic carbocycles. The summed E-state index contributed by atoms with van der Waals surface area (Å²) in [7, 11) is 0. The number of nitrogens with one attached hydrogen (secondary N) is 1. The Morgan fingerprint density at radius 3 is 2.84 bits per heavy atom. The number of hydrogen-bond donors (Lipinski definition) is 1. The van der Waals surface area contributed by atoms with Crippen LogP contribution in [0, 0.1) is 11.3 Å². The van der Waals surface area contributed by atoms with Crippen LogP contribution in [0.15, 0.2) is 23.1 Å². The zero-order valence-corrected chi connectivity index (χ0v) is 12.4. The highest BCUT2D eigenvalue weighted by Crippen LogP contribution is 2.36. The van der Waals surface area contributed by atoms with Gasteiger partial charge in [0.15, 0.2) is 0 Å². The second kappa shape index (κ2) is 7.57. The fourth-order valence-electron chi connectivity index (χ4n) is 2.47. The molecule has 0 heterocycles. The molecule has 1 N–H and O–H groups in total. The minimum absolute atomic E-state index is 0.719. The van der Waals surface area contributed by atoms with Crippen molar-refractivity contribution in [1.82, 2.24) is 5.32 Å². The number of nitriles is 1. The first kappa shape index (κ1) is 14.4. The third-order valence-corrected chi connectivity index (χ3v) is 4.93. The maximum Gasteiger partial charge on any atom is 0.100 e. The molecule has 1 saturated carbocycles. The molecule has 2 rings (SSSR count). The van der Waals surface area contributed by atoms with Gasteiger partial charge in [-0.15, -0.1) is 11.8 Å². The van der Waals surface area contributed by atoms with Gasteiger partial charge >= 0.3 is 0 Å². The smallest absolute Gasteiger partial charge is 0.100 e. The van der Waals surface area contributed by atoms with Gasteiger partial charge in [-0.05, 0) is 43.5 Å². The van der Waals surface area contributed by atoms with E-state index < -0.39 is 0 Å². The summed E-state index contributed by atoms with van der Waals surface area (Å²) in [6.07, 6.45) is 6.43. The topological polar surface area (TPSA) is 35.8 Å². The normalized spacial score (nSPS) is 15.6. The average molecular weight is 274 g/mol. The van der Waals surface area contributed by atoms with Crippen LogP contribution in [0.4, 0.5) is 0 Å². The fraction of sp³-hybridized carbons (Fsp3) is 0.562. The summed E-state index contributed by atoms with van der Waals surface area (Å²) < 4.78 is 0. The first-order valence-electron chi connectivity index (χ1n) is 7.24. The largest absolute Gasteiger partial charge is 0.313 e. The molecule has 0 radical (unpaired) electrons. The second-order valence-electron chi connectivity index (χ2n) is 5.14. The molecule has 0 spiro atoms. The van der Waals surface area contributed by atoms with E-state index in [1.807, 2.05) is 17.8 Å². The Labute approximate surface area is 120 Å². The molecule has 1 aliphatic carbocycles. The van der Waals surface area contributed by atoms with Crippen molar-refractivity contribution in [2.24, 2.45) is 0 Å². The maximum atomic E-state index is 9.30. The van der Waals surface area contributed by atoms with Crippen LogP contribution in [0.25, 0.3) is 0 Å². The van der Waals surface area contributed by atoms with Crippen LogP contribution in [0.3, 0.4) is 0 Å². The lowest BCUT2D eigenvalue weighted by molar-refractivity contribution is 0.675. The van der Waals surface area contributed by atoms with Crippen LogP contribution in [0.5, 0.6) is 0 Å². The molecule has 3 heteroatoms. The van der Waals surface area contributed by atoms with Crippen LogP contribution < -0.4 is 5.32 Å². The highest BCUT2D eigenvalue weighted by atomic mass is 32.2. The van der Waals surface area contributed by atoms with Crippen molar-refractivity contribution >= 4 is 11.8 Å². The molecule has 0 aromatic heterocycles. The Bertz CT molecular complexity index is 445. The van der Waals surface area contributed by atoms with E-state index >= 15 is 0 Å². The number of hydrogen-bond acceptors (Lipinski definition) is 3. The van der Waals surface area contributed by atoms with Gasteiger partial charge in [-0.25, -0.2) is 0 Å². The SMILES string of the molecule is CCCNCc1ccc(SC2CCCC2)c(C#N)c1. The van der Waals surface area contributed by atoms with Crippen LogP contribution >= 0.6 is 11.8 Å². The summed E-state index contributed by atoms with van der Waals surface area (Å²) in [5.41, 5.74) is 2.05. The van der Waals surface area contributed by atoms with Crippen LogP contribution in [-0.4, -0.2) is 11.8 Å². The zero-order chi connectivity index (χ0) is 13.5. The Hall–Kier alpha value is -0.980. The molecular formula is C16H22N2S. The number of rotatable bonds is 6. The van der Waals surface area contributed by atoms with E-state index in [1.165, 1.54) is 31.2 Å².